The molecule has 0 radical (unpaired) electrons. The Hall–Kier alpha value is -0.820. The molecule has 1 fully saturated rings. The number of rotatable bonds is 5. The molecule has 1 saturated carbocycles. The largest absolute Gasteiger partial charge is 0.330 e. The first-order chi connectivity index (χ1) is 8.77. The Morgan fingerprint density at radius 3 is 2.28 bits per heavy atom. The molecule has 0 heterocycles. The highest BCUT2D eigenvalue weighted by Crippen LogP contribution is 2.43. The molecule has 1 aliphatic rings. The summed E-state index contributed by atoms with van der Waals surface area (Å²) in [6.45, 7) is 5.41. The van der Waals surface area contributed by atoms with Crippen molar-refractivity contribution < 1.29 is 0 Å². The molecule has 0 atom stereocenters. The predicted octanol–water partition coefficient (Wildman–Crippen LogP) is 4.36. The number of nitrogens with two attached hydrogens (primary N) is 1. The van der Waals surface area contributed by atoms with Crippen molar-refractivity contribution in [3.05, 3.63) is 35.4 Å². The van der Waals surface area contributed by atoms with E-state index in [0.717, 1.165) is 6.54 Å². The second-order valence-electron chi connectivity index (χ2n) is 5.79. The fourth-order valence-electron chi connectivity index (χ4n) is 3.70. The highest BCUT2D eigenvalue weighted by molar-refractivity contribution is 5.38. The van der Waals surface area contributed by atoms with Crippen molar-refractivity contribution in [3.8, 4) is 0 Å². The highest BCUT2D eigenvalue weighted by Gasteiger charge is 2.36. The van der Waals surface area contributed by atoms with Crippen molar-refractivity contribution in [2.45, 2.75) is 63.7 Å². The Labute approximate surface area is 112 Å². The Morgan fingerprint density at radius 1 is 1.11 bits per heavy atom. The molecule has 0 saturated heterocycles. The standard InChI is InChI=1S/C17H27N/c1-3-14(4-2)15-9-5-6-10-16(15)17(13-18)11-7-8-12-17/h5-6,9-10,14H,3-4,7-8,11-13,18H2,1-2H3. The maximum absolute atomic E-state index is 6.15. The minimum atomic E-state index is 0.277. The van der Waals surface area contributed by atoms with E-state index in [4.69, 9.17) is 5.73 Å². The molecular formula is C17H27N. The second kappa shape index (κ2) is 5.88. The molecular weight excluding hydrogens is 218 g/mol. The molecule has 0 unspecified atom stereocenters. The molecule has 18 heavy (non-hydrogen) atoms. The summed E-state index contributed by atoms with van der Waals surface area (Å²) in [6.07, 6.45) is 7.70. The average Bonchev–Trinajstić information content (AvgIpc) is 2.91. The summed E-state index contributed by atoms with van der Waals surface area (Å²) in [7, 11) is 0. The van der Waals surface area contributed by atoms with Crippen LogP contribution in [0.25, 0.3) is 0 Å². The number of benzene rings is 1. The van der Waals surface area contributed by atoms with Crippen LogP contribution in [0.3, 0.4) is 0 Å². The third kappa shape index (κ3) is 2.33. The van der Waals surface area contributed by atoms with Crippen LogP contribution in [-0.2, 0) is 5.41 Å². The first-order valence-corrected chi connectivity index (χ1v) is 7.57. The van der Waals surface area contributed by atoms with E-state index in [1.807, 2.05) is 0 Å². The Bertz CT molecular complexity index is 373. The number of hydrogen-bond acceptors (Lipinski definition) is 1. The molecule has 0 aliphatic heterocycles. The van der Waals surface area contributed by atoms with Gasteiger partial charge in [0.25, 0.3) is 0 Å². The first-order valence-electron chi connectivity index (χ1n) is 7.57. The molecule has 1 heteroatoms. The summed E-state index contributed by atoms with van der Waals surface area (Å²) in [5, 5.41) is 0. The molecule has 1 aromatic rings. The van der Waals surface area contributed by atoms with Gasteiger partial charge in [0.1, 0.15) is 0 Å². The van der Waals surface area contributed by atoms with E-state index >= 15 is 0 Å². The van der Waals surface area contributed by atoms with Crippen LogP contribution in [0.4, 0.5) is 0 Å². The third-order valence-electron chi connectivity index (χ3n) is 4.91. The molecule has 0 aromatic heterocycles. The maximum Gasteiger partial charge on any atom is 0.00783 e. The van der Waals surface area contributed by atoms with Crippen LogP contribution in [-0.4, -0.2) is 6.54 Å². The molecule has 2 N–H and O–H groups in total. The zero-order valence-corrected chi connectivity index (χ0v) is 11.9. The highest BCUT2D eigenvalue weighted by atomic mass is 14.6. The van der Waals surface area contributed by atoms with E-state index in [1.165, 1.54) is 38.5 Å². The van der Waals surface area contributed by atoms with Gasteiger partial charge in [0, 0.05) is 12.0 Å². The van der Waals surface area contributed by atoms with Gasteiger partial charge in [0.15, 0.2) is 0 Å². The summed E-state index contributed by atoms with van der Waals surface area (Å²) in [5.41, 5.74) is 9.55. The van der Waals surface area contributed by atoms with Crippen molar-refractivity contribution in [2.24, 2.45) is 5.73 Å². The van der Waals surface area contributed by atoms with Crippen LogP contribution in [0.2, 0.25) is 0 Å². The quantitative estimate of drug-likeness (QED) is 0.819. The monoisotopic (exact) mass is 245 g/mol. The fraction of sp³-hybridized carbons (Fsp3) is 0.647. The Kier molecular flexibility index (Phi) is 4.45. The molecule has 2 rings (SSSR count). The summed E-state index contributed by atoms with van der Waals surface area (Å²) in [6, 6.07) is 9.06. The van der Waals surface area contributed by atoms with Crippen molar-refractivity contribution in [2.75, 3.05) is 6.54 Å². The van der Waals surface area contributed by atoms with Crippen LogP contribution < -0.4 is 5.73 Å². The summed E-state index contributed by atoms with van der Waals surface area (Å²) < 4.78 is 0. The Balaban J connectivity index is 2.43. The SMILES string of the molecule is CCC(CC)c1ccccc1C1(CN)CCCC1. The molecule has 100 valence electrons. The van der Waals surface area contributed by atoms with E-state index in [9.17, 15) is 0 Å². The van der Waals surface area contributed by atoms with Crippen molar-refractivity contribution >= 4 is 0 Å². The Morgan fingerprint density at radius 2 is 1.72 bits per heavy atom. The van der Waals surface area contributed by atoms with Crippen molar-refractivity contribution in [3.63, 3.8) is 0 Å². The van der Waals surface area contributed by atoms with E-state index in [2.05, 4.69) is 38.1 Å². The van der Waals surface area contributed by atoms with Gasteiger partial charge in [-0.25, -0.2) is 0 Å². The lowest BCUT2D eigenvalue weighted by molar-refractivity contribution is 0.443. The van der Waals surface area contributed by atoms with Crippen molar-refractivity contribution in [1.29, 1.82) is 0 Å². The minimum absolute atomic E-state index is 0.277. The van der Waals surface area contributed by atoms with E-state index < -0.39 is 0 Å². The third-order valence-corrected chi connectivity index (χ3v) is 4.91. The zero-order valence-electron chi connectivity index (χ0n) is 11.9. The summed E-state index contributed by atoms with van der Waals surface area (Å²) >= 11 is 0. The van der Waals surface area contributed by atoms with Gasteiger partial charge in [-0.05, 0) is 42.7 Å². The van der Waals surface area contributed by atoms with Gasteiger partial charge in [-0.2, -0.15) is 0 Å². The van der Waals surface area contributed by atoms with E-state index in [-0.39, 0.29) is 5.41 Å². The first kappa shape index (κ1) is 13.6. The topological polar surface area (TPSA) is 26.0 Å². The molecule has 0 bridgehead atoms. The maximum atomic E-state index is 6.15. The average molecular weight is 245 g/mol. The van der Waals surface area contributed by atoms with Gasteiger partial charge in [-0.3, -0.25) is 0 Å². The lowest BCUT2D eigenvalue weighted by Gasteiger charge is -2.32. The van der Waals surface area contributed by atoms with Crippen LogP contribution in [0.5, 0.6) is 0 Å². The second-order valence-corrected chi connectivity index (χ2v) is 5.79. The lowest BCUT2D eigenvalue weighted by atomic mass is 9.73. The van der Waals surface area contributed by atoms with Crippen LogP contribution in [0.1, 0.15) is 69.4 Å². The minimum Gasteiger partial charge on any atom is -0.330 e. The lowest BCUT2D eigenvalue weighted by Crippen LogP contribution is -2.33. The predicted molar refractivity (Wildman–Crippen MR) is 79.0 cm³/mol. The van der Waals surface area contributed by atoms with Gasteiger partial charge >= 0.3 is 0 Å². The van der Waals surface area contributed by atoms with Crippen LogP contribution in [0, 0.1) is 0 Å². The van der Waals surface area contributed by atoms with Gasteiger partial charge < -0.3 is 5.73 Å². The molecule has 0 spiro atoms. The van der Waals surface area contributed by atoms with E-state index in [1.54, 1.807) is 11.1 Å². The van der Waals surface area contributed by atoms with Gasteiger partial charge in [0.2, 0.25) is 0 Å². The summed E-state index contributed by atoms with van der Waals surface area (Å²) in [4.78, 5) is 0. The normalized spacial score (nSPS) is 18.4. The van der Waals surface area contributed by atoms with E-state index in [0.29, 0.717) is 5.92 Å². The van der Waals surface area contributed by atoms with Gasteiger partial charge in [-0.15, -0.1) is 0 Å². The van der Waals surface area contributed by atoms with Crippen LogP contribution in [0.15, 0.2) is 24.3 Å². The van der Waals surface area contributed by atoms with Crippen LogP contribution >= 0.6 is 0 Å². The van der Waals surface area contributed by atoms with Crippen molar-refractivity contribution in [1.82, 2.24) is 0 Å². The molecule has 0 amide bonds. The van der Waals surface area contributed by atoms with Gasteiger partial charge in [0.05, 0.1) is 0 Å². The smallest absolute Gasteiger partial charge is 0.00783 e. The fourth-order valence-corrected chi connectivity index (χ4v) is 3.70. The molecule has 1 nitrogen and oxygen atoms in total. The van der Waals surface area contributed by atoms with Gasteiger partial charge in [-0.1, -0.05) is 51.0 Å². The zero-order chi connectivity index (χ0) is 13.0. The summed E-state index contributed by atoms with van der Waals surface area (Å²) in [5.74, 6) is 0.699. The molecule has 1 aliphatic carbocycles. The number of hydrogen-bond donors (Lipinski definition) is 1. The molecule has 1 aromatic carbocycles.